The Bertz CT molecular complexity index is 754. The van der Waals surface area contributed by atoms with Crippen molar-refractivity contribution in [2.24, 2.45) is 0 Å². The highest BCUT2D eigenvalue weighted by Crippen LogP contribution is 2.28. The van der Waals surface area contributed by atoms with Gasteiger partial charge < -0.3 is 10.6 Å². The number of nitriles is 1. The molecule has 0 aliphatic carbocycles. The maximum Gasteiger partial charge on any atom is 0.175 e. The van der Waals surface area contributed by atoms with Gasteiger partial charge in [0.25, 0.3) is 0 Å². The van der Waals surface area contributed by atoms with Crippen LogP contribution in [0.4, 0.5) is 11.4 Å². The number of benzene rings is 2. The smallest absolute Gasteiger partial charge is 0.175 e. The van der Waals surface area contributed by atoms with Crippen LogP contribution in [0, 0.1) is 24.5 Å². The summed E-state index contributed by atoms with van der Waals surface area (Å²) in [6.45, 7) is 3.99. The van der Waals surface area contributed by atoms with Crippen molar-refractivity contribution < 1.29 is 0 Å². The maximum absolute atomic E-state index is 8.79. The summed E-state index contributed by atoms with van der Waals surface area (Å²) in [5, 5.41) is 18.3. The molecule has 0 fully saturated rings. The van der Waals surface area contributed by atoms with Gasteiger partial charge in [0, 0.05) is 21.3 Å². The summed E-state index contributed by atoms with van der Waals surface area (Å²) >= 11 is 12.4. The van der Waals surface area contributed by atoms with Gasteiger partial charge in [0.2, 0.25) is 0 Å². The molecule has 2 aromatic rings. The standard InChI is InChI=1S/C16H14ClN3S2/c1-10-11(2)15(22-9-18)7-6-14(10)20-16(21)19-13-5-3-4-12(17)8-13/h3-8H,1-2H3,(H2,19,20,21). The Labute approximate surface area is 144 Å². The highest BCUT2D eigenvalue weighted by atomic mass is 35.5. The number of nitrogens with zero attached hydrogens (tertiary/aromatic N) is 1. The summed E-state index contributed by atoms with van der Waals surface area (Å²) in [5.74, 6) is 0. The van der Waals surface area contributed by atoms with E-state index in [0.717, 1.165) is 39.2 Å². The van der Waals surface area contributed by atoms with Gasteiger partial charge in [-0.2, -0.15) is 5.26 Å². The molecule has 0 aliphatic heterocycles. The molecule has 3 nitrogen and oxygen atoms in total. The summed E-state index contributed by atoms with van der Waals surface area (Å²) in [4.78, 5) is 0.958. The molecule has 0 aliphatic rings. The first-order valence-electron chi connectivity index (χ1n) is 6.51. The third-order valence-electron chi connectivity index (χ3n) is 3.22. The van der Waals surface area contributed by atoms with E-state index in [-0.39, 0.29) is 0 Å². The molecule has 112 valence electrons. The van der Waals surface area contributed by atoms with E-state index in [1.165, 1.54) is 0 Å². The van der Waals surface area contributed by atoms with Gasteiger partial charge in [-0.1, -0.05) is 17.7 Å². The summed E-state index contributed by atoms with van der Waals surface area (Å²) in [5.41, 5.74) is 3.88. The molecule has 22 heavy (non-hydrogen) atoms. The first kappa shape index (κ1) is 16.6. The van der Waals surface area contributed by atoms with E-state index < -0.39 is 0 Å². The molecule has 6 heteroatoms. The fraction of sp³-hybridized carbons (Fsp3) is 0.125. The minimum atomic E-state index is 0.491. The molecule has 2 rings (SSSR count). The van der Waals surface area contributed by atoms with E-state index in [4.69, 9.17) is 29.1 Å². The molecule has 0 bridgehead atoms. The number of hydrogen-bond acceptors (Lipinski definition) is 3. The van der Waals surface area contributed by atoms with E-state index in [9.17, 15) is 0 Å². The highest BCUT2D eigenvalue weighted by molar-refractivity contribution is 8.03. The van der Waals surface area contributed by atoms with Crippen LogP contribution in [-0.2, 0) is 0 Å². The highest BCUT2D eigenvalue weighted by Gasteiger charge is 2.08. The number of halogens is 1. The summed E-state index contributed by atoms with van der Waals surface area (Å²) in [7, 11) is 0. The van der Waals surface area contributed by atoms with Gasteiger partial charge in [0.15, 0.2) is 5.11 Å². The third kappa shape index (κ3) is 4.14. The van der Waals surface area contributed by atoms with E-state index in [0.29, 0.717) is 10.1 Å². The van der Waals surface area contributed by atoms with Crippen LogP contribution in [0.15, 0.2) is 41.3 Å². The van der Waals surface area contributed by atoms with Gasteiger partial charge in [-0.05, 0) is 79.3 Å². The average molecular weight is 348 g/mol. The Balaban J connectivity index is 2.12. The third-order valence-corrected chi connectivity index (χ3v) is 4.42. The molecule has 0 spiro atoms. The largest absolute Gasteiger partial charge is 0.332 e. The molecule has 0 saturated carbocycles. The summed E-state index contributed by atoms with van der Waals surface area (Å²) in [6, 6.07) is 11.2. The van der Waals surface area contributed by atoms with Gasteiger partial charge >= 0.3 is 0 Å². The van der Waals surface area contributed by atoms with Crippen LogP contribution in [0.1, 0.15) is 11.1 Å². The van der Waals surface area contributed by atoms with Crippen LogP contribution in [0.3, 0.4) is 0 Å². The van der Waals surface area contributed by atoms with Crippen LogP contribution < -0.4 is 10.6 Å². The fourth-order valence-corrected chi connectivity index (χ4v) is 2.90. The molecule has 0 saturated heterocycles. The molecule has 0 atom stereocenters. The molecule has 2 N–H and O–H groups in total. The number of anilines is 2. The minimum absolute atomic E-state index is 0.491. The van der Waals surface area contributed by atoms with Crippen molar-refractivity contribution in [3.63, 3.8) is 0 Å². The van der Waals surface area contributed by atoms with Crippen molar-refractivity contribution in [2.75, 3.05) is 10.6 Å². The Morgan fingerprint density at radius 3 is 2.64 bits per heavy atom. The molecule has 0 heterocycles. The topological polar surface area (TPSA) is 47.8 Å². The van der Waals surface area contributed by atoms with Crippen molar-refractivity contribution in [1.29, 1.82) is 5.26 Å². The Morgan fingerprint density at radius 1 is 1.18 bits per heavy atom. The minimum Gasteiger partial charge on any atom is -0.332 e. The van der Waals surface area contributed by atoms with Crippen molar-refractivity contribution in [1.82, 2.24) is 0 Å². The van der Waals surface area contributed by atoms with Gasteiger partial charge in [0.05, 0.1) is 0 Å². The van der Waals surface area contributed by atoms with Crippen molar-refractivity contribution >= 4 is 52.1 Å². The van der Waals surface area contributed by atoms with Crippen molar-refractivity contribution in [3.8, 4) is 5.40 Å². The lowest BCUT2D eigenvalue weighted by Crippen LogP contribution is -2.19. The number of rotatable bonds is 3. The van der Waals surface area contributed by atoms with Crippen LogP contribution in [-0.4, -0.2) is 5.11 Å². The number of thioether (sulfide) groups is 1. The quantitative estimate of drug-likeness (QED) is 0.446. The van der Waals surface area contributed by atoms with Gasteiger partial charge in [0.1, 0.15) is 5.40 Å². The molecule has 0 unspecified atom stereocenters. The summed E-state index contributed by atoms with van der Waals surface area (Å²) in [6.07, 6.45) is 0. The van der Waals surface area contributed by atoms with Gasteiger partial charge in [-0.3, -0.25) is 0 Å². The van der Waals surface area contributed by atoms with E-state index in [2.05, 4.69) is 16.0 Å². The lowest BCUT2D eigenvalue weighted by molar-refractivity contribution is 1.23. The zero-order valence-electron chi connectivity index (χ0n) is 12.1. The maximum atomic E-state index is 8.79. The average Bonchev–Trinajstić information content (AvgIpc) is 2.47. The van der Waals surface area contributed by atoms with Crippen molar-refractivity contribution in [3.05, 3.63) is 52.5 Å². The second kappa shape index (κ2) is 7.50. The van der Waals surface area contributed by atoms with Crippen LogP contribution in [0.2, 0.25) is 5.02 Å². The Hall–Kier alpha value is -1.74. The first-order chi connectivity index (χ1) is 10.5. The molecule has 0 radical (unpaired) electrons. The normalized spacial score (nSPS) is 9.91. The summed E-state index contributed by atoms with van der Waals surface area (Å²) < 4.78 is 0. The molecular weight excluding hydrogens is 334 g/mol. The van der Waals surface area contributed by atoms with Crippen LogP contribution in [0.25, 0.3) is 0 Å². The zero-order chi connectivity index (χ0) is 16.1. The number of hydrogen-bond donors (Lipinski definition) is 2. The lowest BCUT2D eigenvalue weighted by Gasteiger charge is -2.15. The van der Waals surface area contributed by atoms with E-state index >= 15 is 0 Å². The monoisotopic (exact) mass is 347 g/mol. The van der Waals surface area contributed by atoms with Crippen molar-refractivity contribution in [2.45, 2.75) is 18.7 Å². The Kier molecular flexibility index (Phi) is 5.67. The van der Waals surface area contributed by atoms with Crippen LogP contribution >= 0.6 is 35.6 Å². The molecule has 0 aromatic heterocycles. The van der Waals surface area contributed by atoms with E-state index in [1.807, 2.05) is 44.2 Å². The molecule has 2 aromatic carbocycles. The van der Waals surface area contributed by atoms with Gasteiger partial charge in [-0.15, -0.1) is 0 Å². The Morgan fingerprint density at radius 2 is 1.95 bits per heavy atom. The molecular formula is C16H14ClN3S2. The number of nitrogens with one attached hydrogen (secondary N) is 2. The molecule has 0 amide bonds. The second-order valence-electron chi connectivity index (χ2n) is 4.64. The second-order valence-corrected chi connectivity index (χ2v) is 6.32. The predicted octanol–water partition coefficient (Wildman–Crippen LogP) is 5.34. The van der Waals surface area contributed by atoms with Crippen LogP contribution in [0.5, 0.6) is 0 Å². The predicted molar refractivity (Wildman–Crippen MR) is 98.7 cm³/mol. The fourth-order valence-electron chi connectivity index (χ4n) is 1.94. The lowest BCUT2D eigenvalue weighted by atomic mass is 10.1. The first-order valence-corrected chi connectivity index (χ1v) is 8.11. The van der Waals surface area contributed by atoms with Gasteiger partial charge in [-0.25, -0.2) is 0 Å². The SMILES string of the molecule is Cc1c(NC(=S)Nc2cccc(Cl)c2)ccc(SC#N)c1C. The zero-order valence-corrected chi connectivity index (χ0v) is 14.5. The number of thiocyanates is 1. The number of thiocarbonyl (C=S) groups is 1. The van der Waals surface area contributed by atoms with E-state index in [1.54, 1.807) is 6.07 Å².